The minimum Gasteiger partial charge on any atom is -0.493 e. The summed E-state index contributed by atoms with van der Waals surface area (Å²) in [7, 11) is 3.22. The van der Waals surface area contributed by atoms with Gasteiger partial charge in [-0.2, -0.15) is 5.10 Å². The molecule has 0 aliphatic carbocycles. The first-order valence-corrected chi connectivity index (χ1v) is 13.7. The van der Waals surface area contributed by atoms with E-state index in [1.54, 1.807) is 37.2 Å². The maximum atomic E-state index is 13.8. The number of benzene rings is 3. The Bertz CT molecular complexity index is 1550. The van der Waals surface area contributed by atoms with Crippen LogP contribution in [0.15, 0.2) is 90.3 Å². The van der Waals surface area contributed by atoms with Crippen molar-refractivity contribution < 1.29 is 18.6 Å². The Balaban J connectivity index is 1.36. The van der Waals surface area contributed by atoms with Crippen LogP contribution < -0.4 is 14.2 Å². The zero-order chi connectivity index (χ0) is 28.1. The van der Waals surface area contributed by atoms with Crippen LogP contribution in [0, 0.1) is 5.82 Å². The molecule has 2 aromatic heterocycles. The quantitative estimate of drug-likeness (QED) is 0.143. The molecule has 0 N–H and O–H groups in total. The third kappa shape index (κ3) is 5.67. The molecule has 0 spiro atoms. The molecule has 3 aromatic carbocycles. The first-order chi connectivity index (χ1) is 19.4. The number of ether oxygens (including phenoxy) is 3. The lowest BCUT2D eigenvalue weighted by Gasteiger charge is -2.26. The van der Waals surface area contributed by atoms with Gasteiger partial charge in [0.25, 0.3) is 0 Å². The molecule has 0 aliphatic heterocycles. The molecule has 0 saturated carbocycles. The summed E-state index contributed by atoms with van der Waals surface area (Å²) in [5.74, 6) is 3.09. The number of halogens is 1. The Kier molecular flexibility index (Phi) is 8.06. The molecule has 0 amide bonds. The molecular weight excluding hydrogens is 529 g/mol. The van der Waals surface area contributed by atoms with E-state index >= 15 is 0 Å². The van der Waals surface area contributed by atoms with E-state index in [9.17, 15) is 4.39 Å². The fourth-order valence-electron chi connectivity index (χ4n) is 4.35. The van der Waals surface area contributed by atoms with Gasteiger partial charge in [-0.1, -0.05) is 17.8 Å². The van der Waals surface area contributed by atoms with Crippen molar-refractivity contribution in [2.75, 3.05) is 26.6 Å². The number of methoxy groups -OCH3 is 2. The molecule has 5 rings (SSSR count). The van der Waals surface area contributed by atoms with Crippen molar-refractivity contribution in [2.45, 2.75) is 24.4 Å². The van der Waals surface area contributed by atoms with Gasteiger partial charge in [-0.25, -0.2) is 9.07 Å². The number of rotatable bonds is 11. The molecular formula is C30H30FN5O3S. The number of thioether (sulfide) groups is 1. The fraction of sp³-hybridized carbons (Fsp3) is 0.233. The van der Waals surface area contributed by atoms with Crippen molar-refractivity contribution in [1.82, 2.24) is 24.5 Å². The minimum atomic E-state index is -0.563. The third-order valence-corrected chi connectivity index (χ3v) is 7.46. The molecule has 5 aromatic rings. The predicted molar refractivity (Wildman–Crippen MR) is 153 cm³/mol. The highest BCUT2D eigenvalue weighted by Crippen LogP contribution is 2.38. The van der Waals surface area contributed by atoms with Gasteiger partial charge in [0.15, 0.2) is 16.7 Å². The monoisotopic (exact) mass is 559 g/mol. The second kappa shape index (κ2) is 11.8. The largest absolute Gasteiger partial charge is 0.493 e. The molecule has 40 heavy (non-hydrogen) atoms. The van der Waals surface area contributed by atoms with Crippen molar-refractivity contribution in [2.24, 2.45) is 0 Å². The maximum absolute atomic E-state index is 13.8. The summed E-state index contributed by atoms with van der Waals surface area (Å²) in [4.78, 5) is 0. The molecule has 2 heterocycles. The number of nitrogens with zero attached hydrogens (tertiary/aromatic N) is 5. The average molecular weight is 560 g/mol. The van der Waals surface area contributed by atoms with Crippen LogP contribution in [0.2, 0.25) is 0 Å². The first-order valence-electron chi connectivity index (χ1n) is 12.7. The van der Waals surface area contributed by atoms with Crippen molar-refractivity contribution in [1.29, 1.82) is 0 Å². The third-order valence-electron chi connectivity index (χ3n) is 6.57. The molecule has 10 heteroatoms. The van der Waals surface area contributed by atoms with Crippen LogP contribution in [-0.2, 0) is 5.41 Å². The highest BCUT2D eigenvalue weighted by Gasteiger charge is 2.32. The second-order valence-corrected chi connectivity index (χ2v) is 10.5. The SMILES string of the molecule is COc1ccc(C(C)(C)c2nnc(SCCOc3ccc(-n4cccn4)cc3)n2-c2ccc(F)cc2)cc1OC. The highest BCUT2D eigenvalue weighted by atomic mass is 32.2. The van der Waals surface area contributed by atoms with Crippen LogP contribution >= 0.6 is 11.8 Å². The van der Waals surface area contributed by atoms with Gasteiger partial charge in [0.2, 0.25) is 0 Å². The number of aromatic nitrogens is 5. The lowest BCUT2D eigenvalue weighted by molar-refractivity contribution is 0.344. The summed E-state index contributed by atoms with van der Waals surface area (Å²) < 4.78 is 34.5. The number of hydrogen-bond donors (Lipinski definition) is 0. The lowest BCUT2D eigenvalue weighted by atomic mass is 9.83. The highest BCUT2D eigenvalue weighted by molar-refractivity contribution is 7.99. The first kappa shape index (κ1) is 27.3. The molecule has 0 saturated heterocycles. The van der Waals surface area contributed by atoms with Crippen LogP contribution in [0.1, 0.15) is 25.2 Å². The molecule has 0 bridgehead atoms. The van der Waals surface area contributed by atoms with Crippen LogP contribution in [-0.4, -0.2) is 51.1 Å². The molecule has 0 aliphatic rings. The van der Waals surface area contributed by atoms with Gasteiger partial charge < -0.3 is 14.2 Å². The Hall–Kier alpha value is -4.31. The van der Waals surface area contributed by atoms with Gasteiger partial charge in [-0.3, -0.25) is 4.57 Å². The van der Waals surface area contributed by atoms with E-state index in [-0.39, 0.29) is 5.82 Å². The topological polar surface area (TPSA) is 76.2 Å². The molecule has 0 fully saturated rings. The maximum Gasteiger partial charge on any atom is 0.195 e. The predicted octanol–water partition coefficient (Wildman–Crippen LogP) is 6.11. The molecule has 206 valence electrons. The normalized spacial score (nSPS) is 11.4. The van der Waals surface area contributed by atoms with Gasteiger partial charge >= 0.3 is 0 Å². The van der Waals surface area contributed by atoms with E-state index in [0.717, 1.165) is 22.7 Å². The van der Waals surface area contributed by atoms with E-state index < -0.39 is 5.41 Å². The Morgan fingerprint density at radius 3 is 2.27 bits per heavy atom. The Morgan fingerprint density at radius 1 is 0.875 bits per heavy atom. The summed E-state index contributed by atoms with van der Waals surface area (Å²) in [6.45, 7) is 4.61. The summed E-state index contributed by atoms with van der Waals surface area (Å²) in [6, 6.07) is 21.8. The summed E-state index contributed by atoms with van der Waals surface area (Å²) in [5, 5.41) is 14.1. The second-order valence-electron chi connectivity index (χ2n) is 9.45. The standard InChI is InChI=1S/C30H30FN5O3S/c1-30(2,21-6-15-26(37-3)27(20-21)38-4)28-33-34-29(36(28)24-9-7-22(31)8-10-24)40-19-18-39-25-13-11-23(12-14-25)35-17-5-16-32-35/h5-17,20H,18-19H2,1-4H3. The van der Waals surface area contributed by atoms with Gasteiger partial charge in [-0.05, 0) is 86.1 Å². The zero-order valence-electron chi connectivity index (χ0n) is 22.7. The Morgan fingerprint density at radius 2 is 1.60 bits per heavy atom. The van der Waals surface area contributed by atoms with Gasteiger partial charge in [0.05, 0.1) is 31.9 Å². The molecule has 8 nitrogen and oxygen atoms in total. The van der Waals surface area contributed by atoms with Crippen LogP contribution in [0.4, 0.5) is 4.39 Å². The summed E-state index contributed by atoms with van der Waals surface area (Å²) >= 11 is 1.52. The molecule has 0 atom stereocenters. The van der Waals surface area contributed by atoms with Crippen LogP contribution in [0.25, 0.3) is 11.4 Å². The van der Waals surface area contributed by atoms with Crippen molar-refractivity contribution in [3.63, 3.8) is 0 Å². The summed E-state index contributed by atoms with van der Waals surface area (Å²) in [6.07, 6.45) is 3.64. The van der Waals surface area contributed by atoms with E-state index in [2.05, 4.69) is 29.1 Å². The van der Waals surface area contributed by atoms with Crippen molar-refractivity contribution in [3.8, 4) is 28.6 Å². The van der Waals surface area contributed by atoms with E-state index in [0.29, 0.717) is 34.8 Å². The van der Waals surface area contributed by atoms with Gasteiger partial charge in [0, 0.05) is 23.8 Å². The lowest BCUT2D eigenvalue weighted by Crippen LogP contribution is -2.24. The van der Waals surface area contributed by atoms with Gasteiger partial charge in [0.1, 0.15) is 17.4 Å². The van der Waals surface area contributed by atoms with E-state index in [1.165, 1.54) is 23.9 Å². The zero-order valence-corrected chi connectivity index (χ0v) is 23.6. The van der Waals surface area contributed by atoms with E-state index in [1.807, 2.05) is 59.3 Å². The average Bonchev–Trinajstić information content (AvgIpc) is 3.67. The minimum absolute atomic E-state index is 0.307. The van der Waals surface area contributed by atoms with Gasteiger partial charge in [-0.15, -0.1) is 10.2 Å². The van der Waals surface area contributed by atoms with Crippen LogP contribution in [0.5, 0.6) is 17.2 Å². The van der Waals surface area contributed by atoms with Crippen LogP contribution in [0.3, 0.4) is 0 Å². The fourth-order valence-corrected chi connectivity index (χ4v) is 5.12. The Labute approximate surface area is 236 Å². The molecule has 0 unspecified atom stereocenters. The molecule has 0 radical (unpaired) electrons. The summed E-state index contributed by atoms with van der Waals surface area (Å²) in [5.41, 5.74) is 2.14. The van der Waals surface area contributed by atoms with Crippen molar-refractivity contribution in [3.05, 3.63) is 102 Å². The van der Waals surface area contributed by atoms with Crippen molar-refractivity contribution >= 4 is 11.8 Å². The van der Waals surface area contributed by atoms with E-state index in [4.69, 9.17) is 14.2 Å². The number of hydrogen-bond acceptors (Lipinski definition) is 7. The smallest absolute Gasteiger partial charge is 0.195 e.